The lowest BCUT2D eigenvalue weighted by molar-refractivity contribution is -0.137. The minimum Gasteiger partial charge on any atom is -0.481 e. The molecule has 0 aromatic carbocycles. The van der Waals surface area contributed by atoms with E-state index >= 15 is 0 Å². The lowest BCUT2D eigenvalue weighted by atomic mass is 10.1. The van der Waals surface area contributed by atoms with Crippen molar-refractivity contribution in [2.45, 2.75) is 64.7 Å². The van der Waals surface area contributed by atoms with Gasteiger partial charge in [0.15, 0.2) is 0 Å². The van der Waals surface area contributed by atoms with Gasteiger partial charge >= 0.3 is 16.4 Å². The Kier molecular flexibility index (Phi) is 14.0. The van der Waals surface area contributed by atoms with Crippen LogP contribution < -0.4 is 0 Å². The maximum atomic E-state index is 10.2. The van der Waals surface area contributed by atoms with Gasteiger partial charge < -0.3 is 5.11 Å². The van der Waals surface area contributed by atoms with Crippen LogP contribution in [-0.4, -0.2) is 28.6 Å². The molecule has 6 nitrogen and oxygen atoms in total. The van der Waals surface area contributed by atoms with Gasteiger partial charge in [-0.05, 0) is 6.42 Å². The van der Waals surface area contributed by atoms with Crippen LogP contribution in [0, 0.1) is 0 Å². The highest BCUT2D eigenvalue weighted by Crippen LogP contribution is 2.09. The van der Waals surface area contributed by atoms with Crippen molar-refractivity contribution in [3.05, 3.63) is 0 Å². The van der Waals surface area contributed by atoms with Gasteiger partial charge in [0.05, 0.1) is 0 Å². The summed E-state index contributed by atoms with van der Waals surface area (Å²) in [4.78, 5) is 10.2. The molecule has 0 saturated heterocycles. The minimum absolute atomic E-state index is 0.342. The Balaban J connectivity index is 0. The first-order chi connectivity index (χ1) is 8.27. The zero-order chi connectivity index (χ0) is 14.4. The van der Waals surface area contributed by atoms with Crippen LogP contribution in [0.15, 0.2) is 0 Å². The maximum Gasteiger partial charge on any atom is 0.394 e. The van der Waals surface area contributed by atoms with Crippen LogP contribution in [0.1, 0.15) is 64.7 Å². The van der Waals surface area contributed by atoms with Crippen molar-refractivity contribution in [1.82, 2.24) is 0 Å². The number of rotatable bonds is 9. The Morgan fingerprint density at radius 3 is 1.56 bits per heavy atom. The smallest absolute Gasteiger partial charge is 0.394 e. The molecule has 0 rings (SSSR count). The van der Waals surface area contributed by atoms with Gasteiger partial charge in [-0.3, -0.25) is 13.9 Å². The molecule has 0 bridgehead atoms. The van der Waals surface area contributed by atoms with Gasteiger partial charge in [-0.1, -0.05) is 51.9 Å². The first-order valence-electron chi connectivity index (χ1n) is 6.19. The SMILES string of the molecule is CCCCCCCCCCC(=O)O.O=S(=O)(O)O. The highest BCUT2D eigenvalue weighted by molar-refractivity contribution is 7.79. The van der Waals surface area contributed by atoms with Crippen molar-refractivity contribution in [2.24, 2.45) is 0 Å². The van der Waals surface area contributed by atoms with E-state index in [4.69, 9.17) is 22.6 Å². The first kappa shape index (κ1) is 19.7. The largest absolute Gasteiger partial charge is 0.481 e. The second-order valence-electron chi connectivity index (χ2n) is 4.07. The third kappa shape index (κ3) is 36.2. The molecule has 18 heavy (non-hydrogen) atoms. The average Bonchev–Trinajstić information content (AvgIpc) is 2.19. The molecule has 0 aliphatic rings. The van der Waals surface area contributed by atoms with Crippen molar-refractivity contribution < 1.29 is 27.4 Å². The van der Waals surface area contributed by atoms with Crippen LogP contribution in [0.4, 0.5) is 0 Å². The summed E-state index contributed by atoms with van der Waals surface area (Å²) in [5.41, 5.74) is 0. The zero-order valence-corrected chi connectivity index (χ0v) is 11.7. The lowest BCUT2D eigenvalue weighted by Gasteiger charge is -1.99. The van der Waals surface area contributed by atoms with E-state index in [1.165, 1.54) is 38.5 Å². The summed E-state index contributed by atoms with van der Waals surface area (Å²) < 4.78 is 31.6. The molecular weight excluding hydrogens is 260 g/mol. The number of carboxylic acids is 1. The molecule has 0 unspecified atom stereocenters. The highest BCUT2D eigenvalue weighted by Gasteiger charge is 1.95. The number of aliphatic carboxylic acids is 1. The van der Waals surface area contributed by atoms with Gasteiger partial charge in [0.25, 0.3) is 0 Å². The van der Waals surface area contributed by atoms with Crippen molar-refractivity contribution >= 4 is 16.4 Å². The summed E-state index contributed by atoms with van der Waals surface area (Å²) >= 11 is 0. The highest BCUT2D eigenvalue weighted by atomic mass is 32.3. The van der Waals surface area contributed by atoms with E-state index in [-0.39, 0.29) is 0 Å². The fourth-order valence-corrected chi connectivity index (χ4v) is 1.41. The Hall–Kier alpha value is -0.660. The van der Waals surface area contributed by atoms with E-state index in [1.54, 1.807) is 0 Å². The van der Waals surface area contributed by atoms with Gasteiger partial charge in [-0.15, -0.1) is 0 Å². The van der Waals surface area contributed by atoms with Crippen molar-refractivity contribution in [3.8, 4) is 0 Å². The third-order valence-electron chi connectivity index (χ3n) is 2.24. The third-order valence-corrected chi connectivity index (χ3v) is 2.24. The molecule has 0 saturated carbocycles. The fraction of sp³-hybridized carbons (Fsp3) is 0.909. The molecular formula is C11H24O6S. The second-order valence-corrected chi connectivity index (χ2v) is 4.96. The van der Waals surface area contributed by atoms with Crippen molar-refractivity contribution in [1.29, 1.82) is 0 Å². The van der Waals surface area contributed by atoms with Crippen LogP contribution in [0.25, 0.3) is 0 Å². The Morgan fingerprint density at radius 1 is 0.889 bits per heavy atom. The van der Waals surface area contributed by atoms with Gasteiger partial charge in [0.2, 0.25) is 0 Å². The lowest BCUT2D eigenvalue weighted by Crippen LogP contribution is -1.93. The van der Waals surface area contributed by atoms with Crippen LogP contribution in [0.3, 0.4) is 0 Å². The summed E-state index contributed by atoms with van der Waals surface area (Å²) in [5.74, 6) is -0.661. The standard InChI is InChI=1S/C11H22O2.H2O4S/c1-2-3-4-5-6-7-8-9-10-11(12)13;1-5(2,3)4/h2-10H2,1H3,(H,12,13);(H2,1,2,3,4). The minimum atomic E-state index is -4.67. The predicted octanol–water partition coefficient (Wildman–Crippen LogP) is 2.95. The molecule has 0 amide bonds. The fourth-order valence-electron chi connectivity index (χ4n) is 1.41. The van der Waals surface area contributed by atoms with Gasteiger partial charge in [0.1, 0.15) is 0 Å². The van der Waals surface area contributed by atoms with E-state index in [1.807, 2.05) is 0 Å². The molecule has 0 aromatic heterocycles. The van der Waals surface area contributed by atoms with E-state index in [0.717, 1.165) is 12.8 Å². The number of hydrogen-bond acceptors (Lipinski definition) is 3. The summed E-state index contributed by atoms with van der Waals surface area (Å²) in [6, 6.07) is 0. The van der Waals surface area contributed by atoms with E-state index in [0.29, 0.717) is 6.42 Å². The molecule has 0 radical (unpaired) electrons. The number of carbonyl (C=O) groups is 1. The zero-order valence-electron chi connectivity index (χ0n) is 10.8. The topological polar surface area (TPSA) is 112 Å². The molecule has 3 N–H and O–H groups in total. The summed E-state index contributed by atoms with van der Waals surface area (Å²) in [6.45, 7) is 2.22. The van der Waals surface area contributed by atoms with E-state index in [2.05, 4.69) is 6.92 Å². The van der Waals surface area contributed by atoms with Crippen molar-refractivity contribution in [2.75, 3.05) is 0 Å². The summed E-state index contributed by atoms with van der Waals surface area (Å²) in [5, 5.41) is 8.39. The normalized spacial score (nSPS) is 10.6. The van der Waals surface area contributed by atoms with Crippen LogP contribution in [0.5, 0.6) is 0 Å². The second kappa shape index (κ2) is 12.8. The Morgan fingerprint density at radius 2 is 1.22 bits per heavy atom. The number of hydrogen-bond donors (Lipinski definition) is 3. The molecule has 0 heterocycles. The molecule has 0 spiro atoms. The van der Waals surface area contributed by atoms with E-state index in [9.17, 15) is 4.79 Å². The molecule has 0 aliphatic heterocycles. The quantitative estimate of drug-likeness (QED) is 0.443. The van der Waals surface area contributed by atoms with Crippen LogP contribution >= 0.6 is 0 Å². The van der Waals surface area contributed by atoms with Gasteiger partial charge in [-0.25, -0.2) is 0 Å². The maximum absolute atomic E-state index is 10.2. The molecule has 0 aliphatic carbocycles. The average molecular weight is 284 g/mol. The van der Waals surface area contributed by atoms with Crippen LogP contribution in [-0.2, 0) is 15.2 Å². The van der Waals surface area contributed by atoms with E-state index < -0.39 is 16.4 Å². The predicted molar refractivity (Wildman–Crippen MR) is 69.0 cm³/mol. The molecule has 7 heteroatoms. The summed E-state index contributed by atoms with van der Waals surface area (Å²) in [7, 11) is -4.67. The van der Waals surface area contributed by atoms with Crippen molar-refractivity contribution in [3.63, 3.8) is 0 Å². The van der Waals surface area contributed by atoms with Gasteiger partial charge in [-0.2, -0.15) is 8.42 Å². The first-order valence-corrected chi connectivity index (χ1v) is 7.58. The molecule has 0 atom stereocenters. The molecule has 0 fully saturated rings. The summed E-state index contributed by atoms with van der Waals surface area (Å²) in [6.07, 6.45) is 10.1. The number of carboxylic acid groups (broad SMARTS) is 1. The van der Waals surface area contributed by atoms with Crippen LogP contribution in [0.2, 0.25) is 0 Å². The number of unbranched alkanes of at least 4 members (excludes halogenated alkanes) is 7. The van der Waals surface area contributed by atoms with Gasteiger partial charge in [0, 0.05) is 6.42 Å². The molecule has 0 aromatic rings. The Bertz CT molecular complexity index is 278. The Labute approximate surface area is 109 Å². The monoisotopic (exact) mass is 284 g/mol. The molecule has 110 valence electrons.